The number of rotatable bonds is 2. The van der Waals surface area contributed by atoms with Crippen molar-refractivity contribution >= 4 is 22.4 Å². The van der Waals surface area contributed by atoms with Gasteiger partial charge in [0.25, 0.3) is 0 Å². The van der Waals surface area contributed by atoms with Crippen LogP contribution in [0.5, 0.6) is 11.5 Å². The first-order valence-corrected chi connectivity index (χ1v) is 6.62. The van der Waals surface area contributed by atoms with Crippen molar-refractivity contribution in [3.8, 4) is 22.6 Å². The van der Waals surface area contributed by atoms with Crippen LogP contribution in [0.3, 0.4) is 0 Å². The topological polar surface area (TPSA) is 29.5 Å². The van der Waals surface area contributed by atoms with Crippen LogP contribution in [0.1, 0.15) is 0 Å². The highest BCUT2D eigenvalue weighted by atomic mass is 35.5. The van der Waals surface area contributed by atoms with Crippen molar-refractivity contribution in [3.63, 3.8) is 0 Å². The van der Waals surface area contributed by atoms with Crippen LogP contribution in [-0.4, -0.2) is 12.2 Å². The zero-order valence-corrected chi connectivity index (χ0v) is 11.7. The maximum Gasteiger partial charge on any atom is 0.127 e. The Kier molecular flexibility index (Phi) is 3.25. The lowest BCUT2D eigenvalue weighted by Crippen LogP contribution is -1.88. The van der Waals surface area contributed by atoms with E-state index in [1.165, 1.54) is 0 Å². The molecule has 3 rings (SSSR count). The summed E-state index contributed by atoms with van der Waals surface area (Å²) in [5.41, 5.74) is 1.91. The van der Waals surface area contributed by atoms with Gasteiger partial charge in [0.05, 0.1) is 7.11 Å². The Morgan fingerprint density at radius 3 is 2.45 bits per heavy atom. The van der Waals surface area contributed by atoms with Crippen molar-refractivity contribution in [1.82, 2.24) is 0 Å². The Morgan fingerprint density at radius 1 is 1.00 bits per heavy atom. The summed E-state index contributed by atoms with van der Waals surface area (Å²) in [4.78, 5) is 0. The minimum atomic E-state index is 0.232. The molecule has 0 aromatic heterocycles. The number of aromatic hydroxyl groups is 1. The number of phenolic OH excluding ortho intramolecular Hbond substituents is 1. The SMILES string of the molecule is COc1cccc2cc(O)cc(-c3ccc(Cl)cc3)c12. The maximum atomic E-state index is 9.92. The Morgan fingerprint density at radius 2 is 1.75 bits per heavy atom. The molecule has 0 spiro atoms. The normalized spacial score (nSPS) is 10.7. The standard InChI is InChI=1S/C17H13ClO2/c1-20-16-4-2-3-12-9-14(19)10-15(17(12)16)11-5-7-13(18)8-6-11/h2-10,19H,1H3. The molecule has 0 unspecified atom stereocenters. The molecular weight excluding hydrogens is 272 g/mol. The predicted molar refractivity (Wildman–Crippen MR) is 82.6 cm³/mol. The zero-order chi connectivity index (χ0) is 14.1. The largest absolute Gasteiger partial charge is 0.508 e. The fourth-order valence-corrected chi connectivity index (χ4v) is 2.53. The van der Waals surface area contributed by atoms with Gasteiger partial charge in [-0.05, 0) is 46.8 Å². The molecule has 0 amide bonds. The number of hydrogen-bond donors (Lipinski definition) is 1. The van der Waals surface area contributed by atoms with Gasteiger partial charge in [0.15, 0.2) is 0 Å². The number of ether oxygens (including phenoxy) is 1. The molecule has 0 aliphatic carbocycles. The highest BCUT2D eigenvalue weighted by Crippen LogP contribution is 2.38. The number of fused-ring (bicyclic) bond motifs is 1. The number of phenols is 1. The zero-order valence-electron chi connectivity index (χ0n) is 10.9. The molecule has 3 aromatic carbocycles. The van der Waals surface area contributed by atoms with E-state index in [0.29, 0.717) is 5.02 Å². The fraction of sp³-hybridized carbons (Fsp3) is 0.0588. The lowest BCUT2D eigenvalue weighted by molar-refractivity contribution is 0.420. The van der Waals surface area contributed by atoms with Gasteiger partial charge in [-0.25, -0.2) is 0 Å². The second-order valence-electron chi connectivity index (χ2n) is 4.56. The van der Waals surface area contributed by atoms with Crippen LogP contribution in [0.2, 0.25) is 5.02 Å². The Hall–Kier alpha value is -2.19. The van der Waals surface area contributed by atoms with Gasteiger partial charge in [-0.2, -0.15) is 0 Å². The molecule has 20 heavy (non-hydrogen) atoms. The third kappa shape index (κ3) is 2.19. The van der Waals surface area contributed by atoms with Crippen LogP contribution < -0.4 is 4.74 Å². The van der Waals surface area contributed by atoms with Gasteiger partial charge in [-0.3, -0.25) is 0 Å². The molecule has 0 radical (unpaired) electrons. The van der Waals surface area contributed by atoms with Crippen molar-refractivity contribution in [3.05, 3.63) is 59.6 Å². The minimum Gasteiger partial charge on any atom is -0.508 e. The van der Waals surface area contributed by atoms with Crippen LogP contribution in [0, 0.1) is 0 Å². The van der Waals surface area contributed by atoms with Gasteiger partial charge in [0, 0.05) is 10.4 Å². The highest BCUT2D eigenvalue weighted by Gasteiger charge is 2.10. The Labute approximate surface area is 122 Å². The molecule has 1 N–H and O–H groups in total. The highest BCUT2D eigenvalue weighted by molar-refractivity contribution is 6.30. The van der Waals surface area contributed by atoms with E-state index in [4.69, 9.17) is 16.3 Å². The quantitative estimate of drug-likeness (QED) is 0.727. The summed E-state index contributed by atoms with van der Waals surface area (Å²) in [6, 6.07) is 16.8. The molecule has 2 nitrogen and oxygen atoms in total. The van der Waals surface area contributed by atoms with Crippen LogP contribution in [-0.2, 0) is 0 Å². The molecular formula is C17H13ClO2. The summed E-state index contributed by atoms with van der Waals surface area (Å²) in [5, 5.41) is 12.5. The van der Waals surface area contributed by atoms with E-state index in [1.807, 2.05) is 42.5 Å². The molecule has 0 saturated carbocycles. The van der Waals surface area contributed by atoms with Gasteiger partial charge in [-0.15, -0.1) is 0 Å². The molecule has 0 heterocycles. The Balaban J connectivity index is 2.36. The number of benzene rings is 3. The summed E-state index contributed by atoms with van der Waals surface area (Å²) < 4.78 is 5.45. The monoisotopic (exact) mass is 284 g/mol. The van der Waals surface area contributed by atoms with Crippen molar-refractivity contribution in [2.45, 2.75) is 0 Å². The lowest BCUT2D eigenvalue weighted by Gasteiger charge is -2.12. The predicted octanol–water partition coefficient (Wildman–Crippen LogP) is 4.87. The van der Waals surface area contributed by atoms with Gasteiger partial charge >= 0.3 is 0 Å². The van der Waals surface area contributed by atoms with Crippen molar-refractivity contribution < 1.29 is 9.84 Å². The van der Waals surface area contributed by atoms with Gasteiger partial charge in [0.1, 0.15) is 11.5 Å². The van der Waals surface area contributed by atoms with Crippen molar-refractivity contribution in [2.75, 3.05) is 7.11 Å². The third-order valence-electron chi connectivity index (χ3n) is 3.30. The maximum absolute atomic E-state index is 9.92. The van der Waals surface area contributed by atoms with Crippen LogP contribution in [0.15, 0.2) is 54.6 Å². The molecule has 0 atom stereocenters. The third-order valence-corrected chi connectivity index (χ3v) is 3.55. The smallest absolute Gasteiger partial charge is 0.127 e. The lowest BCUT2D eigenvalue weighted by atomic mass is 9.97. The molecule has 0 fully saturated rings. The first-order valence-electron chi connectivity index (χ1n) is 6.25. The molecule has 0 aliphatic rings. The summed E-state index contributed by atoms with van der Waals surface area (Å²) in [7, 11) is 1.65. The average Bonchev–Trinajstić information content (AvgIpc) is 2.46. The second-order valence-corrected chi connectivity index (χ2v) is 5.00. The summed E-state index contributed by atoms with van der Waals surface area (Å²) in [6.45, 7) is 0. The average molecular weight is 285 g/mol. The van der Waals surface area contributed by atoms with Crippen molar-refractivity contribution in [1.29, 1.82) is 0 Å². The van der Waals surface area contributed by atoms with Gasteiger partial charge < -0.3 is 9.84 Å². The number of methoxy groups -OCH3 is 1. The molecule has 3 aromatic rings. The first-order chi connectivity index (χ1) is 9.69. The van der Waals surface area contributed by atoms with Crippen LogP contribution in [0.25, 0.3) is 21.9 Å². The van der Waals surface area contributed by atoms with Gasteiger partial charge in [-0.1, -0.05) is 35.9 Å². The van der Waals surface area contributed by atoms with Crippen LogP contribution >= 0.6 is 11.6 Å². The molecule has 3 heteroatoms. The summed E-state index contributed by atoms with van der Waals surface area (Å²) >= 11 is 5.93. The first kappa shape index (κ1) is 12.8. The van der Waals surface area contributed by atoms with Crippen molar-refractivity contribution in [2.24, 2.45) is 0 Å². The van der Waals surface area contributed by atoms with E-state index in [9.17, 15) is 5.11 Å². The minimum absolute atomic E-state index is 0.232. The van der Waals surface area contributed by atoms with E-state index >= 15 is 0 Å². The van der Waals surface area contributed by atoms with E-state index in [0.717, 1.165) is 27.6 Å². The number of hydrogen-bond acceptors (Lipinski definition) is 2. The molecule has 100 valence electrons. The van der Waals surface area contributed by atoms with Crippen LogP contribution in [0.4, 0.5) is 0 Å². The second kappa shape index (κ2) is 5.06. The summed E-state index contributed by atoms with van der Waals surface area (Å²) in [6.07, 6.45) is 0. The van der Waals surface area contributed by atoms with E-state index in [2.05, 4.69) is 0 Å². The fourth-order valence-electron chi connectivity index (χ4n) is 2.40. The van der Waals surface area contributed by atoms with Gasteiger partial charge in [0.2, 0.25) is 0 Å². The summed E-state index contributed by atoms with van der Waals surface area (Å²) in [5.74, 6) is 1.02. The Bertz CT molecular complexity index is 764. The molecule has 0 saturated heterocycles. The van der Waals surface area contributed by atoms with E-state index in [1.54, 1.807) is 19.2 Å². The number of halogens is 1. The molecule has 0 bridgehead atoms. The molecule has 0 aliphatic heterocycles. The van der Waals surface area contributed by atoms with E-state index in [-0.39, 0.29) is 5.75 Å². The van der Waals surface area contributed by atoms with E-state index < -0.39 is 0 Å².